The SMILES string of the molecule is Cn1ccc(-c2cccc(Cl)c2C#N)c(C(N)=O)c1=O. The van der Waals surface area contributed by atoms with Crippen molar-refractivity contribution >= 4 is 17.5 Å². The van der Waals surface area contributed by atoms with E-state index in [9.17, 15) is 14.9 Å². The predicted molar refractivity (Wildman–Crippen MR) is 75.4 cm³/mol. The van der Waals surface area contributed by atoms with Crippen molar-refractivity contribution in [3.63, 3.8) is 0 Å². The van der Waals surface area contributed by atoms with Crippen LogP contribution in [0.1, 0.15) is 15.9 Å². The summed E-state index contributed by atoms with van der Waals surface area (Å²) in [6.07, 6.45) is 1.51. The Bertz CT molecular complexity index is 803. The van der Waals surface area contributed by atoms with Gasteiger partial charge in [0.1, 0.15) is 11.6 Å². The Balaban J connectivity index is 2.89. The van der Waals surface area contributed by atoms with Crippen molar-refractivity contribution in [1.29, 1.82) is 5.26 Å². The van der Waals surface area contributed by atoms with Gasteiger partial charge in [-0.2, -0.15) is 5.26 Å². The largest absolute Gasteiger partial charge is 0.365 e. The lowest BCUT2D eigenvalue weighted by Crippen LogP contribution is -2.28. The molecule has 100 valence electrons. The molecule has 0 fully saturated rings. The van der Waals surface area contributed by atoms with E-state index >= 15 is 0 Å². The van der Waals surface area contributed by atoms with Crippen LogP contribution in [0.2, 0.25) is 5.02 Å². The standard InChI is InChI=1S/C14H10ClN3O2/c1-18-6-5-9(12(13(17)19)14(18)20)8-3-2-4-11(15)10(8)7-16/h2-6H,1H3,(H2,17,19). The summed E-state index contributed by atoms with van der Waals surface area (Å²) >= 11 is 5.96. The molecule has 2 aromatic rings. The minimum absolute atomic E-state index is 0.159. The van der Waals surface area contributed by atoms with Gasteiger partial charge in [-0.1, -0.05) is 23.7 Å². The number of nitrogens with zero attached hydrogens (tertiary/aromatic N) is 2. The van der Waals surface area contributed by atoms with Crippen molar-refractivity contribution in [2.24, 2.45) is 12.8 Å². The first-order valence-electron chi connectivity index (χ1n) is 5.65. The van der Waals surface area contributed by atoms with Gasteiger partial charge in [0.15, 0.2) is 0 Å². The Hall–Kier alpha value is -2.58. The summed E-state index contributed by atoms with van der Waals surface area (Å²) in [6, 6.07) is 8.35. The van der Waals surface area contributed by atoms with E-state index < -0.39 is 11.5 Å². The van der Waals surface area contributed by atoms with Crippen molar-refractivity contribution in [1.82, 2.24) is 4.57 Å². The van der Waals surface area contributed by atoms with Crippen molar-refractivity contribution < 1.29 is 4.79 Å². The second-order valence-electron chi connectivity index (χ2n) is 4.16. The molecule has 0 spiro atoms. The number of nitriles is 1. The third-order valence-corrected chi connectivity index (χ3v) is 3.25. The summed E-state index contributed by atoms with van der Waals surface area (Å²) in [5.41, 5.74) is 5.52. The molecule has 20 heavy (non-hydrogen) atoms. The Morgan fingerprint density at radius 3 is 2.65 bits per heavy atom. The molecule has 6 heteroatoms. The zero-order chi connectivity index (χ0) is 14.9. The number of hydrogen-bond donors (Lipinski definition) is 1. The van der Waals surface area contributed by atoms with Crippen LogP contribution in [-0.2, 0) is 7.05 Å². The summed E-state index contributed by atoms with van der Waals surface area (Å²) in [5.74, 6) is -0.843. The number of primary amides is 1. The van der Waals surface area contributed by atoms with Crippen molar-refractivity contribution in [3.05, 3.63) is 57.0 Å². The molecule has 0 saturated heterocycles. The molecule has 0 bridgehead atoms. The number of benzene rings is 1. The molecule has 1 aromatic carbocycles. The van der Waals surface area contributed by atoms with E-state index in [0.717, 1.165) is 0 Å². The fourth-order valence-corrected chi connectivity index (χ4v) is 2.17. The highest BCUT2D eigenvalue weighted by molar-refractivity contribution is 6.32. The number of carbonyl (C=O) groups excluding carboxylic acids is 1. The molecule has 0 atom stereocenters. The number of aromatic nitrogens is 1. The van der Waals surface area contributed by atoms with E-state index in [-0.39, 0.29) is 16.1 Å². The summed E-state index contributed by atoms with van der Waals surface area (Å²) in [7, 11) is 1.52. The number of aryl methyl sites for hydroxylation is 1. The van der Waals surface area contributed by atoms with Crippen LogP contribution in [-0.4, -0.2) is 10.5 Å². The van der Waals surface area contributed by atoms with Crippen LogP contribution in [0.5, 0.6) is 0 Å². The highest BCUT2D eigenvalue weighted by atomic mass is 35.5. The molecule has 0 radical (unpaired) electrons. The van der Waals surface area contributed by atoms with Gasteiger partial charge in [0, 0.05) is 24.4 Å². The third-order valence-electron chi connectivity index (χ3n) is 2.93. The topological polar surface area (TPSA) is 88.9 Å². The number of carbonyl (C=O) groups is 1. The number of amides is 1. The normalized spacial score (nSPS) is 10.1. The maximum atomic E-state index is 12.0. The lowest BCUT2D eigenvalue weighted by molar-refractivity contribution is 0.0999. The zero-order valence-corrected chi connectivity index (χ0v) is 11.3. The highest BCUT2D eigenvalue weighted by Crippen LogP contribution is 2.29. The fraction of sp³-hybridized carbons (Fsp3) is 0.0714. The Morgan fingerprint density at radius 1 is 1.35 bits per heavy atom. The van der Waals surface area contributed by atoms with Crippen molar-refractivity contribution in [2.75, 3.05) is 0 Å². The fourth-order valence-electron chi connectivity index (χ4n) is 1.95. The maximum Gasteiger partial charge on any atom is 0.263 e. The molecule has 2 N–H and O–H groups in total. The van der Waals surface area contributed by atoms with Crippen LogP contribution < -0.4 is 11.3 Å². The maximum absolute atomic E-state index is 12.0. The number of nitrogens with two attached hydrogens (primary N) is 1. The zero-order valence-electron chi connectivity index (χ0n) is 10.6. The molecule has 1 amide bonds. The van der Waals surface area contributed by atoms with Gasteiger partial charge < -0.3 is 10.3 Å². The monoisotopic (exact) mass is 287 g/mol. The van der Waals surface area contributed by atoms with Gasteiger partial charge in [-0.25, -0.2) is 0 Å². The van der Waals surface area contributed by atoms with Crippen LogP contribution in [0.4, 0.5) is 0 Å². The molecule has 0 unspecified atom stereocenters. The lowest BCUT2D eigenvalue weighted by Gasteiger charge is -2.10. The molecule has 1 heterocycles. The minimum atomic E-state index is -0.843. The number of halogens is 1. The summed E-state index contributed by atoms with van der Waals surface area (Å²) < 4.78 is 1.25. The molecule has 0 aliphatic heterocycles. The van der Waals surface area contributed by atoms with Gasteiger partial charge in [-0.05, 0) is 12.1 Å². The molecule has 0 aliphatic rings. The Labute approximate surface area is 119 Å². The van der Waals surface area contributed by atoms with Gasteiger partial charge >= 0.3 is 0 Å². The van der Waals surface area contributed by atoms with E-state index in [2.05, 4.69) is 0 Å². The van der Waals surface area contributed by atoms with Gasteiger partial charge in [0.2, 0.25) is 0 Å². The molecule has 2 rings (SSSR count). The number of rotatable bonds is 2. The lowest BCUT2D eigenvalue weighted by atomic mass is 9.97. The first kappa shape index (κ1) is 13.8. The van der Waals surface area contributed by atoms with Crippen LogP contribution in [0.15, 0.2) is 35.3 Å². The average molecular weight is 288 g/mol. The number of pyridine rings is 1. The van der Waals surface area contributed by atoms with Crippen LogP contribution in [0, 0.1) is 11.3 Å². The van der Waals surface area contributed by atoms with Gasteiger partial charge in [0.25, 0.3) is 11.5 Å². The first-order chi connectivity index (χ1) is 9.47. The molecule has 5 nitrogen and oxygen atoms in total. The summed E-state index contributed by atoms with van der Waals surface area (Å²) in [6.45, 7) is 0. The summed E-state index contributed by atoms with van der Waals surface area (Å²) in [4.78, 5) is 23.6. The minimum Gasteiger partial charge on any atom is -0.365 e. The predicted octanol–water partition coefficient (Wildman–Crippen LogP) is 1.68. The average Bonchev–Trinajstić information content (AvgIpc) is 2.41. The second-order valence-corrected chi connectivity index (χ2v) is 4.57. The van der Waals surface area contributed by atoms with Gasteiger partial charge in [0.05, 0.1) is 10.6 Å². The van der Waals surface area contributed by atoms with E-state index in [1.807, 2.05) is 6.07 Å². The molecule has 0 saturated carbocycles. The highest BCUT2D eigenvalue weighted by Gasteiger charge is 2.18. The summed E-state index contributed by atoms with van der Waals surface area (Å²) in [5, 5.41) is 9.43. The van der Waals surface area contributed by atoms with Gasteiger partial charge in [-0.3, -0.25) is 9.59 Å². The Morgan fingerprint density at radius 2 is 2.05 bits per heavy atom. The molecule has 1 aromatic heterocycles. The second kappa shape index (κ2) is 5.19. The Kier molecular flexibility index (Phi) is 3.59. The van der Waals surface area contributed by atoms with E-state index in [1.165, 1.54) is 17.8 Å². The van der Waals surface area contributed by atoms with Crippen LogP contribution in [0.25, 0.3) is 11.1 Å². The van der Waals surface area contributed by atoms with Crippen LogP contribution >= 0.6 is 11.6 Å². The molecule has 0 aliphatic carbocycles. The third kappa shape index (κ3) is 2.17. The van der Waals surface area contributed by atoms with Gasteiger partial charge in [-0.15, -0.1) is 0 Å². The molecular weight excluding hydrogens is 278 g/mol. The van der Waals surface area contributed by atoms with Crippen molar-refractivity contribution in [3.8, 4) is 17.2 Å². The van der Waals surface area contributed by atoms with E-state index in [4.69, 9.17) is 17.3 Å². The van der Waals surface area contributed by atoms with Crippen molar-refractivity contribution in [2.45, 2.75) is 0 Å². The van der Waals surface area contributed by atoms with E-state index in [1.54, 1.807) is 24.3 Å². The van der Waals surface area contributed by atoms with E-state index in [0.29, 0.717) is 11.1 Å². The smallest absolute Gasteiger partial charge is 0.263 e. The first-order valence-corrected chi connectivity index (χ1v) is 6.03. The quantitative estimate of drug-likeness (QED) is 0.911. The number of hydrogen-bond acceptors (Lipinski definition) is 3. The molecular formula is C14H10ClN3O2. The van der Waals surface area contributed by atoms with Crippen LogP contribution in [0.3, 0.4) is 0 Å².